The van der Waals surface area contributed by atoms with Crippen molar-refractivity contribution in [1.82, 2.24) is 0 Å². The summed E-state index contributed by atoms with van der Waals surface area (Å²) in [6.45, 7) is 39.2. The van der Waals surface area contributed by atoms with Crippen molar-refractivity contribution in [2.45, 2.75) is 276 Å². The Morgan fingerprint density at radius 3 is 0.939 bits per heavy atom. The topological polar surface area (TPSA) is 11.6 Å². The van der Waals surface area contributed by atoms with Crippen LogP contribution in [0.4, 0.5) is 0 Å². The van der Waals surface area contributed by atoms with E-state index < -0.39 is 24.2 Å². The van der Waals surface area contributed by atoms with E-state index in [1.165, 1.54) is 249 Å². The van der Waals surface area contributed by atoms with E-state index in [0.717, 1.165) is 17.8 Å². The van der Waals surface area contributed by atoms with Crippen LogP contribution in [0, 0.1) is 27.7 Å². The average Bonchev–Trinajstić information content (AvgIpc) is 0.750. The van der Waals surface area contributed by atoms with Gasteiger partial charge < -0.3 is 0 Å². The summed E-state index contributed by atoms with van der Waals surface area (Å²) >= 11 is 0. The third-order valence-electron chi connectivity index (χ3n) is 31.2. The summed E-state index contributed by atoms with van der Waals surface area (Å²) in [4.78, 5) is 0. The molecule has 598 valence electrons. The number of aryl methyl sites for hydroxylation is 5. The van der Waals surface area contributed by atoms with Crippen LogP contribution in [-0.4, -0.2) is 24.2 Å². The molecule has 4 saturated carbocycles. The van der Waals surface area contributed by atoms with E-state index in [2.05, 4.69) is 368 Å². The minimum Gasteiger partial charge on any atom is -0.200 e. The number of pyridine rings is 3. The smallest absolute Gasteiger partial charge is 0.200 e. The Morgan fingerprint density at radius 2 is 0.583 bits per heavy atom. The van der Waals surface area contributed by atoms with Gasteiger partial charge in [-0.15, -0.1) is 0 Å². The van der Waals surface area contributed by atoms with Crippen LogP contribution in [0.25, 0.3) is 66.1 Å². The number of benzene rings is 9. The molecule has 4 aliphatic rings. The molecular formula is C109H138N3Si3+3. The number of hydrogen-bond donors (Lipinski definition) is 0. The molecule has 16 rings (SSSR count). The zero-order valence-electron chi connectivity index (χ0n) is 74.2. The van der Waals surface area contributed by atoms with Crippen molar-refractivity contribution in [3.05, 3.63) is 286 Å². The molecule has 0 saturated heterocycles. The molecule has 4 fully saturated rings. The second-order valence-electron chi connectivity index (χ2n) is 39.3. The van der Waals surface area contributed by atoms with Gasteiger partial charge in [-0.2, -0.15) is 0 Å². The number of rotatable bonds is 16. The molecule has 115 heavy (non-hydrogen) atoms. The number of fused-ring (bicyclic) bond motifs is 3. The van der Waals surface area contributed by atoms with Gasteiger partial charge >= 0.3 is 0 Å². The van der Waals surface area contributed by atoms with Crippen molar-refractivity contribution in [3.8, 4) is 33.8 Å². The van der Waals surface area contributed by atoms with Crippen molar-refractivity contribution >= 4 is 72.1 Å². The molecule has 0 spiro atoms. The molecule has 3 nitrogen and oxygen atoms in total. The Labute approximate surface area is 697 Å². The Balaban J connectivity index is 0.000000143. The van der Waals surface area contributed by atoms with Crippen LogP contribution >= 0.6 is 0 Å². The first-order valence-electron chi connectivity index (χ1n) is 44.8. The van der Waals surface area contributed by atoms with Crippen molar-refractivity contribution in [2.24, 2.45) is 21.1 Å². The van der Waals surface area contributed by atoms with Gasteiger partial charge in [-0.25, -0.2) is 13.7 Å². The summed E-state index contributed by atoms with van der Waals surface area (Å²) in [6, 6.07) is 80.0. The number of aromatic nitrogens is 3. The van der Waals surface area contributed by atoms with E-state index in [0.29, 0.717) is 5.92 Å². The van der Waals surface area contributed by atoms with E-state index in [1.807, 2.05) is 0 Å². The summed E-state index contributed by atoms with van der Waals surface area (Å²) in [6.07, 6.45) is 34.3. The van der Waals surface area contributed by atoms with Gasteiger partial charge in [-0.1, -0.05) is 325 Å². The first-order valence-corrected chi connectivity index (χ1v) is 53.8. The third-order valence-corrected chi connectivity index (χ3v) is 46.7. The largest absolute Gasteiger partial charge is 0.220 e. The molecular weight excluding hydrogens is 1440 g/mol. The maximum atomic E-state index is 2.66. The number of hydrogen-bond acceptors (Lipinski definition) is 0. The molecule has 12 aromatic rings. The zero-order valence-corrected chi connectivity index (χ0v) is 77.2. The molecule has 9 aromatic carbocycles. The lowest BCUT2D eigenvalue weighted by atomic mass is 9.76. The molecule has 3 aromatic heterocycles. The molecule has 6 heteroatoms. The van der Waals surface area contributed by atoms with E-state index in [1.54, 1.807) is 21.9 Å². The van der Waals surface area contributed by atoms with Gasteiger partial charge in [0.25, 0.3) is 0 Å². The van der Waals surface area contributed by atoms with Crippen molar-refractivity contribution in [2.75, 3.05) is 0 Å². The fourth-order valence-corrected chi connectivity index (χ4v) is 28.8. The van der Waals surface area contributed by atoms with Crippen LogP contribution in [-0.2, 0) is 36.3 Å². The highest BCUT2D eigenvalue weighted by Crippen LogP contribution is 2.46. The van der Waals surface area contributed by atoms with Gasteiger partial charge in [0, 0.05) is 23.8 Å². The predicted molar refractivity (Wildman–Crippen MR) is 504 cm³/mol. The molecule has 0 radical (unpaired) electrons. The van der Waals surface area contributed by atoms with Crippen LogP contribution in [0.1, 0.15) is 255 Å². The summed E-state index contributed by atoms with van der Waals surface area (Å²) < 4.78 is 7.06. The molecule has 0 atom stereocenters. The fraction of sp³-hybridized carbons (Fsp3) is 0.422. The van der Waals surface area contributed by atoms with E-state index >= 15 is 0 Å². The maximum Gasteiger partial charge on any atom is 0.220 e. The van der Waals surface area contributed by atoms with Crippen LogP contribution in [0.3, 0.4) is 0 Å². The molecule has 0 N–H and O–H groups in total. The minimum absolute atomic E-state index is 0.129. The van der Waals surface area contributed by atoms with Crippen LogP contribution in [0.2, 0.25) is 39.3 Å². The predicted octanol–water partition coefficient (Wildman–Crippen LogP) is 26.7. The zero-order chi connectivity index (χ0) is 81.4. The highest BCUT2D eigenvalue weighted by molar-refractivity contribution is 6.93. The maximum absolute atomic E-state index is 2.66. The van der Waals surface area contributed by atoms with Gasteiger partial charge in [0.15, 0.2) is 18.6 Å². The van der Waals surface area contributed by atoms with Gasteiger partial charge in [0.05, 0.1) is 51.5 Å². The Morgan fingerprint density at radius 1 is 0.278 bits per heavy atom. The van der Waals surface area contributed by atoms with Gasteiger partial charge in [-0.05, 0) is 232 Å². The Bertz CT molecular complexity index is 5430. The Hall–Kier alpha value is -8.14. The highest BCUT2D eigenvalue weighted by atomic mass is 28.3. The standard InChI is InChI=1S/C40H52NSi.C35H44NSi.C34H42NSi/c1-29-37(31-18-12-8-13-19-31)27-33(30-16-10-7-11-17-30)28-38(29)39-36-23-22-35(26-32(36)24-25-41(39)4)42(5,6)40(2,3)34-20-14-9-15-21-34;1-25-22-29(27-14-10-8-11-15-27)24-33(26(25)2)34-32-19-18-31(23-28(32)20-21-36(34)5)37(6,7)35(3,4)30-16-12-9-13-17-30;1-25-17-18-27(26-13-9-7-10-14-26)24-32(25)33-31-20-19-30(23-28(31)21-22-35(33)4)36(5,6)34(2,3)29-15-11-8-12-16-29/h9,14-15,20-28,30-31H,7-8,10-13,16-19H2,1-6H3;9,12-13,16-24,27H,8,10-11,14-15H2,1-7H3;8,11-12,15-24,26H,7,9-10,13-14H2,1-6H3/q3*+1. The van der Waals surface area contributed by atoms with Gasteiger partial charge in [0.1, 0.15) is 21.1 Å². The second-order valence-corrected chi connectivity index (χ2v) is 54.5. The first kappa shape index (κ1) is 83.4. The summed E-state index contributed by atoms with van der Waals surface area (Å²) in [5.74, 6) is 2.88. The summed E-state index contributed by atoms with van der Waals surface area (Å²) in [7, 11) is 1.15. The normalized spacial score (nSPS) is 16.2. The van der Waals surface area contributed by atoms with Crippen LogP contribution in [0.15, 0.2) is 225 Å². The first-order chi connectivity index (χ1) is 55.0. The lowest BCUT2D eigenvalue weighted by molar-refractivity contribution is -0.659. The second kappa shape index (κ2) is 34.4. The highest BCUT2D eigenvalue weighted by Gasteiger charge is 2.45. The number of nitrogens with zero attached hydrogens (tertiary/aromatic N) is 3. The van der Waals surface area contributed by atoms with Crippen LogP contribution in [0.5, 0.6) is 0 Å². The van der Waals surface area contributed by atoms with E-state index in [-0.39, 0.29) is 15.1 Å². The van der Waals surface area contributed by atoms with E-state index in [4.69, 9.17) is 0 Å². The quantitative estimate of drug-likeness (QED) is 0.0675. The Kier molecular flexibility index (Phi) is 25.0. The lowest BCUT2D eigenvalue weighted by Gasteiger charge is -2.41. The fourth-order valence-electron chi connectivity index (χ4n) is 20.9. The molecule has 0 unspecified atom stereocenters. The van der Waals surface area contributed by atoms with Gasteiger partial charge in [0.2, 0.25) is 17.1 Å². The molecule has 3 heterocycles. The third kappa shape index (κ3) is 16.7. The van der Waals surface area contributed by atoms with Crippen LogP contribution < -0.4 is 29.3 Å². The monoisotopic (exact) mass is 1570 g/mol. The molecule has 0 aliphatic heterocycles. The summed E-state index contributed by atoms with van der Waals surface area (Å²) in [5.41, 5.74) is 24.7. The average molecular weight is 1570 g/mol. The summed E-state index contributed by atoms with van der Waals surface area (Å²) in [5, 5.41) is 13.2. The minimum atomic E-state index is -1.86. The lowest BCUT2D eigenvalue weighted by Crippen LogP contribution is -2.57. The molecule has 0 amide bonds. The van der Waals surface area contributed by atoms with E-state index in [9.17, 15) is 0 Å². The van der Waals surface area contributed by atoms with Crippen molar-refractivity contribution in [3.63, 3.8) is 0 Å². The van der Waals surface area contributed by atoms with Gasteiger partial charge in [-0.3, -0.25) is 0 Å². The molecule has 0 bridgehead atoms. The van der Waals surface area contributed by atoms with Crippen molar-refractivity contribution in [1.29, 1.82) is 0 Å². The van der Waals surface area contributed by atoms with Crippen molar-refractivity contribution < 1.29 is 13.7 Å². The SMILES string of the molecule is Cc1c(-c2c3ccc([Si](C)(C)C(C)(C)c4ccccc4)cc3cc[n+]2C)cc(C2CCCCC2)cc1C1CCCCC1.Cc1cc(C2CCCCC2)cc(-c2c3ccc([Si](C)(C)C(C)(C)c4ccccc4)cc3cc[n+]2C)c1C.Cc1ccc(C2CCCCC2)cc1-c1c2ccc([Si](C)(C)C(C)(C)c3ccccc3)cc2cc[n+]1C. The molecule has 4 aliphatic carbocycles.